The molecule has 0 radical (unpaired) electrons. The Labute approximate surface area is 164 Å². The molecule has 0 aliphatic rings. The number of Topliss-reactive ketones (excluding diaryl/α,β-unsaturated/α-hetero) is 1. The van der Waals surface area contributed by atoms with Crippen molar-refractivity contribution < 1.29 is 18.0 Å². The van der Waals surface area contributed by atoms with Crippen LogP contribution in [0.25, 0.3) is 0 Å². The molecule has 0 saturated carbocycles. The first-order valence-electron chi connectivity index (χ1n) is 8.15. The van der Waals surface area contributed by atoms with Gasteiger partial charge in [0.15, 0.2) is 5.78 Å². The highest BCUT2D eigenvalue weighted by Crippen LogP contribution is 2.20. The van der Waals surface area contributed by atoms with Crippen LogP contribution in [0.1, 0.15) is 22.8 Å². The molecule has 0 aromatic heterocycles. The van der Waals surface area contributed by atoms with Gasteiger partial charge in [0.2, 0.25) is 15.9 Å². The van der Waals surface area contributed by atoms with Crippen LogP contribution in [-0.4, -0.2) is 44.9 Å². The fourth-order valence-corrected chi connectivity index (χ4v) is 3.44. The number of likely N-dealkylation sites (N-methyl/N-ethyl adjacent to an activating group) is 1. The van der Waals surface area contributed by atoms with Gasteiger partial charge in [-0.2, -0.15) is 0 Å². The Balaban J connectivity index is 2.20. The van der Waals surface area contributed by atoms with Crippen LogP contribution < -0.4 is 4.31 Å². The fraction of sp³-hybridized carbons (Fsp3) is 0.263. The molecule has 2 aromatic carbocycles. The van der Waals surface area contributed by atoms with E-state index in [2.05, 4.69) is 0 Å². The van der Waals surface area contributed by atoms with E-state index in [0.29, 0.717) is 17.1 Å². The molecule has 27 heavy (non-hydrogen) atoms. The maximum atomic E-state index is 12.6. The van der Waals surface area contributed by atoms with Crippen molar-refractivity contribution in [2.24, 2.45) is 0 Å². The van der Waals surface area contributed by atoms with Crippen molar-refractivity contribution in [3.05, 3.63) is 64.7 Å². The van der Waals surface area contributed by atoms with E-state index in [1.165, 1.54) is 17.9 Å². The van der Waals surface area contributed by atoms with Gasteiger partial charge < -0.3 is 4.90 Å². The fourth-order valence-electron chi connectivity index (χ4n) is 2.48. The minimum atomic E-state index is -3.71. The highest BCUT2D eigenvalue weighted by Gasteiger charge is 2.23. The predicted molar refractivity (Wildman–Crippen MR) is 107 cm³/mol. The Bertz CT molecular complexity index is 942. The van der Waals surface area contributed by atoms with Crippen LogP contribution in [0.2, 0.25) is 5.02 Å². The van der Waals surface area contributed by atoms with Crippen LogP contribution in [0, 0.1) is 0 Å². The number of hydrogen-bond donors (Lipinski definition) is 0. The van der Waals surface area contributed by atoms with E-state index in [0.717, 1.165) is 16.1 Å². The molecule has 0 fully saturated rings. The summed E-state index contributed by atoms with van der Waals surface area (Å²) in [6, 6.07) is 13.3. The van der Waals surface area contributed by atoms with E-state index >= 15 is 0 Å². The third kappa shape index (κ3) is 5.80. The number of benzene rings is 2. The maximum absolute atomic E-state index is 12.6. The topological polar surface area (TPSA) is 74.8 Å². The Kier molecular flexibility index (Phi) is 6.62. The molecule has 0 unspecified atom stereocenters. The van der Waals surface area contributed by atoms with Gasteiger partial charge in [-0.05, 0) is 36.8 Å². The summed E-state index contributed by atoms with van der Waals surface area (Å²) in [6.07, 6.45) is 1.03. The van der Waals surface area contributed by atoms with Gasteiger partial charge in [0.1, 0.15) is 6.54 Å². The van der Waals surface area contributed by atoms with E-state index in [9.17, 15) is 18.0 Å². The molecule has 0 N–H and O–H groups in total. The Morgan fingerprint density at radius 3 is 2.26 bits per heavy atom. The molecule has 0 heterocycles. The zero-order chi connectivity index (χ0) is 20.2. The molecule has 0 atom stereocenters. The van der Waals surface area contributed by atoms with Gasteiger partial charge >= 0.3 is 0 Å². The van der Waals surface area contributed by atoms with Crippen molar-refractivity contribution in [2.75, 3.05) is 24.2 Å². The molecule has 1 amide bonds. The lowest BCUT2D eigenvalue weighted by Crippen LogP contribution is -2.41. The van der Waals surface area contributed by atoms with Crippen molar-refractivity contribution >= 4 is 39.0 Å². The highest BCUT2D eigenvalue weighted by molar-refractivity contribution is 7.92. The molecule has 0 saturated heterocycles. The second-order valence-corrected chi connectivity index (χ2v) is 8.60. The van der Waals surface area contributed by atoms with Gasteiger partial charge in [-0.25, -0.2) is 8.42 Å². The Morgan fingerprint density at radius 1 is 1.07 bits per heavy atom. The smallest absolute Gasteiger partial charge is 0.243 e. The normalized spacial score (nSPS) is 11.1. The van der Waals surface area contributed by atoms with Crippen molar-refractivity contribution in [3.63, 3.8) is 0 Å². The molecular formula is C19H21ClN2O4S. The first kappa shape index (κ1) is 20.9. The average molecular weight is 409 g/mol. The lowest BCUT2D eigenvalue weighted by Gasteiger charge is -2.25. The highest BCUT2D eigenvalue weighted by atomic mass is 35.5. The third-order valence-electron chi connectivity index (χ3n) is 3.98. The number of hydrogen-bond acceptors (Lipinski definition) is 4. The summed E-state index contributed by atoms with van der Waals surface area (Å²) in [7, 11) is -2.11. The van der Waals surface area contributed by atoms with E-state index in [-0.39, 0.29) is 23.9 Å². The molecule has 144 valence electrons. The number of sulfonamides is 1. The van der Waals surface area contributed by atoms with Gasteiger partial charge in [0.05, 0.1) is 11.9 Å². The number of anilines is 1. The Morgan fingerprint density at radius 2 is 1.70 bits per heavy atom. The van der Waals surface area contributed by atoms with Crippen LogP contribution in [0.15, 0.2) is 48.5 Å². The Hall–Kier alpha value is -2.38. The van der Waals surface area contributed by atoms with Crippen LogP contribution >= 0.6 is 11.6 Å². The third-order valence-corrected chi connectivity index (χ3v) is 5.37. The van der Waals surface area contributed by atoms with E-state index in [1.807, 2.05) is 0 Å². The number of nitrogens with zero attached hydrogens (tertiary/aromatic N) is 2. The summed E-state index contributed by atoms with van der Waals surface area (Å²) in [4.78, 5) is 25.6. The van der Waals surface area contributed by atoms with E-state index in [1.54, 1.807) is 49.5 Å². The largest absolute Gasteiger partial charge is 0.340 e. The van der Waals surface area contributed by atoms with Gasteiger partial charge in [0, 0.05) is 24.2 Å². The summed E-state index contributed by atoms with van der Waals surface area (Å²) in [5, 5.41) is 0.598. The quantitative estimate of drug-likeness (QED) is 0.660. The summed E-state index contributed by atoms with van der Waals surface area (Å²) >= 11 is 5.85. The number of carbonyl (C=O) groups excluding carboxylic acids is 2. The van der Waals surface area contributed by atoms with Gasteiger partial charge in [-0.1, -0.05) is 35.9 Å². The number of halogens is 1. The summed E-state index contributed by atoms with van der Waals surface area (Å²) in [5.74, 6) is -0.555. The zero-order valence-electron chi connectivity index (χ0n) is 15.3. The first-order chi connectivity index (χ1) is 12.6. The van der Waals surface area contributed by atoms with Crippen molar-refractivity contribution in [2.45, 2.75) is 13.5 Å². The number of amides is 1. The molecule has 0 aliphatic heterocycles. The molecule has 8 heteroatoms. The zero-order valence-corrected chi connectivity index (χ0v) is 16.9. The first-order valence-corrected chi connectivity index (χ1v) is 10.4. The summed E-state index contributed by atoms with van der Waals surface area (Å²) in [6.45, 7) is 1.36. The molecule has 0 bridgehead atoms. The second kappa shape index (κ2) is 8.54. The number of carbonyl (C=O) groups is 2. The van der Waals surface area contributed by atoms with Crippen molar-refractivity contribution in [1.82, 2.24) is 4.90 Å². The molecule has 6 nitrogen and oxygen atoms in total. The van der Waals surface area contributed by atoms with Crippen LogP contribution in [-0.2, 0) is 21.4 Å². The lowest BCUT2D eigenvalue weighted by molar-refractivity contribution is -0.128. The van der Waals surface area contributed by atoms with Gasteiger partial charge in [0.25, 0.3) is 0 Å². The molecule has 0 spiro atoms. The monoisotopic (exact) mass is 408 g/mol. The maximum Gasteiger partial charge on any atom is 0.243 e. The molecule has 2 rings (SSSR count). The summed E-state index contributed by atoms with van der Waals surface area (Å²) in [5.41, 5.74) is 1.53. The van der Waals surface area contributed by atoms with Crippen LogP contribution in [0.5, 0.6) is 0 Å². The van der Waals surface area contributed by atoms with Crippen LogP contribution in [0.3, 0.4) is 0 Å². The van der Waals surface area contributed by atoms with Crippen molar-refractivity contribution in [1.29, 1.82) is 0 Å². The van der Waals surface area contributed by atoms with Crippen molar-refractivity contribution in [3.8, 4) is 0 Å². The molecular weight excluding hydrogens is 388 g/mol. The lowest BCUT2D eigenvalue weighted by atomic mass is 10.1. The van der Waals surface area contributed by atoms with E-state index in [4.69, 9.17) is 11.6 Å². The van der Waals surface area contributed by atoms with Gasteiger partial charge in [-0.15, -0.1) is 0 Å². The van der Waals surface area contributed by atoms with Crippen LogP contribution in [0.4, 0.5) is 5.69 Å². The predicted octanol–water partition coefficient (Wildman–Crippen LogP) is 2.97. The number of ketones is 1. The SMILES string of the molecule is CC(=O)c1cccc(N(CC(=O)N(C)Cc2ccc(Cl)cc2)S(C)(=O)=O)c1. The minimum absolute atomic E-state index is 0.184. The average Bonchev–Trinajstić information content (AvgIpc) is 2.60. The number of rotatable bonds is 7. The standard InChI is InChI=1S/C19H21ClN2O4S/c1-14(23)16-5-4-6-18(11-16)22(27(3,25)26)13-19(24)21(2)12-15-7-9-17(20)10-8-15/h4-11H,12-13H2,1-3H3. The molecule has 2 aromatic rings. The van der Waals surface area contributed by atoms with Gasteiger partial charge in [-0.3, -0.25) is 13.9 Å². The second-order valence-electron chi connectivity index (χ2n) is 6.25. The molecule has 0 aliphatic carbocycles. The minimum Gasteiger partial charge on any atom is -0.340 e. The summed E-state index contributed by atoms with van der Waals surface area (Å²) < 4.78 is 25.4. The van der Waals surface area contributed by atoms with E-state index < -0.39 is 10.0 Å².